The first-order valence-electron chi connectivity index (χ1n) is 12.7. The molecule has 1 aliphatic heterocycles. The number of nitrogen functional groups attached to an aromatic ring is 1. The van der Waals surface area contributed by atoms with E-state index < -0.39 is 17.6 Å². The summed E-state index contributed by atoms with van der Waals surface area (Å²) in [6.45, 7) is 5.96. The van der Waals surface area contributed by atoms with Gasteiger partial charge in [-0.15, -0.1) is 0 Å². The Morgan fingerprint density at radius 2 is 1.67 bits per heavy atom. The number of carbonyl (C=O) groups excluding carboxylic acids is 1. The summed E-state index contributed by atoms with van der Waals surface area (Å²) in [6, 6.07) is 16.3. The lowest BCUT2D eigenvalue weighted by Gasteiger charge is -2.34. The van der Waals surface area contributed by atoms with Gasteiger partial charge in [0.2, 0.25) is 0 Å². The first kappa shape index (κ1) is 28.1. The number of hydrogen-bond acceptors (Lipinski definition) is 6. The minimum absolute atomic E-state index is 0.0659. The second-order valence-corrected chi connectivity index (χ2v) is 9.43. The van der Waals surface area contributed by atoms with Crippen LogP contribution in [0.1, 0.15) is 23.6 Å². The maximum absolute atomic E-state index is 13.8. The number of alkyl halides is 3. The Balaban J connectivity index is 1.35. The van der Waals surface area contributed by atoms with Gasteiger partial charge in [-0.05, 0) is 59.6 Å². The van der Waals surface area contributed by atoms with Crippen LogP contribution < -0.4 is 15.8 Å². The van der Waals surface area contributed by atoms with Gasteiger partial charge in [-0.3, -0.25) is 9.69 Å². The molecule has 1 saturated heterocycles. The summed E-state index contributed by atoms with van der Waals surface area (Å²) in [6.07, 6.45) is -3.35. The minimum Gasteiger partial charge on any atom is -0.484 e. The molecule has 0 unspecified atom stereocenters. The highest BCUT2D eigenvalue weighted by Crippen LogP contribution is 2.34. The number of hydrogen-bond donors (Lipinski definition) is 3. The van der Waals surface area contributed by atoms with Gasteiger partial charge >= 0.3 is 6.18 Å². The Morgan fingerprint density at radius 1 is 1.00 bits per heavy atom. The predicted molar refractivity (Wildman–Crippen MR) is 147 cm³/mol. The van der Waals surface area contributed by atoms with Crippen LogP contribution in [0.25, 0.3) is 11.1 Å². The molecule has 0 atom stereocenters. The Kier molecular flexibility index (Phi) is 8.88. The van der Waals surface area contributed by atoms with Crippen molar-refractivity contribution in [1.82, 2.24) is 9.80 Å². The zero-order valence-electron chi connectivity index (χ0n) is 21.7. The van der Waals surface area contributed by atoms with Crippen LogP contribution in [0.15, 0.2) is 60.7 Å². The highest BCUT2D eigenvalue weighted by Gasteiger charge is 2.34. The number of carbonyl (C=O) groups is 1. The van der Waals surface area contributed by atoms with Crippen LogP contribution in [0.4, 0.5) is 24.5 Å². The maximum Gasteiger partial charge on any atom is 0.416 e. The number of nitrogens with two attached hydrogens (primary N) is 1. The van der Waals surface area contributed by atoms with Gasteiger partial charge in [-0.1, -0.05) is 31.2 Å². The number of halogens is 3. The molecule has 3 aromatic carbocycles. The van der Waals surface area contributed by atoms with Crippen molar-refractivity contribution in [1.29, 1.82) is 5.41 Å². The third-order valence-electron chi connectivity index (χ3n) is 6.80. The summed E-state index contributed by atoms with van der Waals surface area (Å²) < 4.78 is 47.1. The summed E-state index contributed by atoms with van der Waals surface area (Å²) >= 11 is 0. The Morgan fingerprint density at radius 3 is 2.31 bits per heavy atom. The SMILES string of the molecule is CCN1CCN(Cc2ccc(NC(=O)COc3ccc(-c4ccc(N)c(C=N)c4)cc3)cc2C(F)(F)F)CC1. The Labute approximate surface area is 225 Å². The number of anilines is 2. The quantitative estimate of drug-likeness (QED) is 0.260. The van der Waals surface area contributed by atoms with Gasteiger partial charge in [-0.25, -0.2) is 0 Å². The van der Waals surface area contributed by atoms with E-state index in [2.05, 4.69) is 17.1 Å². The smallest absolute Gasteiger partial charge is 0.416 e. The van der Waals surface area contributed by atoms with Crippen molar-refractivity contribution < 1.29 is 22.7 Å². The molecular formula is C29H32F3N5O2. The average Bonchev–Trinajstić information content (AvgIpc) is 2.93. The van der Waals surface area contributed by atoms with Gasteiger partial charge < -0.3 is 26.1 Å². The van der Waals surface area contributed by atoms with Crippen LogP contribution in [0.5, 0.6) is 5.75 Å². The van der Waals surface area contributed by atoms with Gasteiger partial charge in [0, 0.05) is 55.9 Å². The maximum atomic E-state index is 13.8. The Hall–Kier alpha value is -3.89. The molecule has 0 spiro atoms. The second-order valence-electron chi connectivity index (χ2n) is 9.43. The summed E-state index contributed by atoms with van der Waals surface area (Å²) in [4.78, 5) is 16.7. The third-order valence-corrected chi connectivity index (χ3v) is 6.80. The molecule has 4 rings (SSSR count). The van der Waals surface area contributed by atoms with Gasteiger partial charge in [0.15, 0.2) is 6.61 Å². The molecule has 7 nitrogen and oxygen atoms in total. The molecule has 1 fully saturated rings. The van der Waals surface area contributed by atoms with Crippen LogP contribution in [0.3, 0.4) is 0 Å². The lowest BCUT2D eigenvalue weighted by atomic mass is 10.0. The number of nitrogens with zero attached hydrogens (tertiary/aromatic N) is 2. The molecular weight excluding hydrogens is 507 g/mol. The topological polar surface area (TPSA) is 94.7 Å². The standard InChI is InChI=1S/C29H32F3N5O2/c1-2-36-11-13-37(14-12-36)18-22-3-7-24(16-26(22)29(30,31)32)35-28(38)19-39-25-8-4-20(5-9-25)21-6-10-27(34)23(15-21)17-33/h3-10,15-17,33H,2,11-14,18-19,34H2,1H3,(H,35,38). The van der Waals surface area contributed by atoms with Gasteiger partial charge in [0.1, 0.15) is 5.75 Å². The number of benzene rings is 3. The van der Waals surface area contributed by atoms with Crippen molar-refractivity contribution in [3.63, 3.8) is 0 Å². The Bertz CT molecular complexity index is 1300. The number of piperazine rings is 1. The molecule has 0 bridgehead atoms. The number of nitrogens with one attached hydrogen (secondary N) is 2. The van der Waals surface area contributed by atoms with Gasteiger partial charge in [0.25, 0.3) is 5.91 Å². The first-order chi connectivity index (χ1) is 18.7. The number of likely N-dealkylation sites (N-methyl/N-ethyl adjacent to an activating group) is 1. The van der Waals surface area contributed by atoms with Crippen LogP contribution in [0, 0.1) is 5.41 Å². The first-order valence-corrected chi connectivity index (χ1v) is 12.7. The van der Waals surface area contributed by atoms with E-state index in [0.29, 0.717) is 30.1 Å². The van der Waals surface area contributed by atoms with E-state index in [9.17, 15) is 18.0 Å². The van der Waals surface area contributed by atoms with Crippen LogP contribution in [0.2, 0.25) is 0 Å². The highest BCUT2D eigenvalue weighted by molar-refractivity contribution is 5.92. The van der Waals surface area contributed by atoms with Crippen molar-refractivity contribution >= 4 is 23.5 Å². The lowest BCUT2D eigenvalue weighted by Crippen LogP contribution is -2.45. The third kappa shape index (κ3) is 7.36. The van der Waals surface area contributed by atoms with E-state index in [1.165, 1.54) is 18.3 Å². The van der Waals surface area contributed by atoms with Crippen molar-refractivity contribution in [2.45, 2.75) is 19.6 Å². The fraction of sp³-hybridized carbons (Fsp3) is 0.310. The van der Waals surface area contributed by atoms with Crippen LogP contribution in [-0.4, -0.2) is 61.3 Å². The van der Waals surface area contributed by atoms with Crippen molar-refractivity contribution in [3.8, 4) is 16.9 Å². The summed E-state index contributed by atoms with van der Waals surface area (Å²) in [5.41, 5.74) is 8.23. The molecule has 206 valence electrons. The van der Waals surface area contributed by atoms with Crippen LogP contribution in [-0.2, 0) is 17.5 Å². The van der Waals surface area contributed by atoms with Crippen molar-refractivity contribution in [3.05, 3.63) is 77.4 Å². The molecule has 4 N–H and O–H groups in total. The molecule has 39 heavy (non-hydrogen) atoms. The fourth-order valence-corrected chi connectivity index (χ4v) is 4.53. The molecule has 0 radical (unpaired) electrons. The zero-order valence-corrected chi connectivity index (χ0v) is 21.7. The van der Waals surface area contributed by atoms with Gasteiger partial charge in [0.05, 0.1) is 5.56 Å². The van der Waals surface area contributed by atoms with E-state index in [0.717, 1.165) is 36.8 Å². The normalized spacial score (nSPS) is 14.7. The minimum atomic E-state index is -4.54. The number of ether oxygens (including phenoxy) is 1. The van der Waals surface area contributed by atoms with Gasteiger partial charge in [-0.2, -0.15) is 13.2 Å². The molecule has 3 aromatic rings. The summed E-state index contributed by atoms with van der Waals surface area (Å²) in [5.74, 6) is -0.129. The number of amides is 1. The zero-order chi connectivity index (χ0) is 28.0. The predicted octanol–water partition coefficient (Wildman–Crippen LogP) is 5.11. The summed E-state index contributed by atoms with van der Waals surface area (Å²) in [5, 5.41) is 9.96. The van der Waals surface area contributed by atoms with E-state index in [1.807, 2.05) is 23.1 Å². The molecule has 1 aliphatic rings. The highest BCUT2D eigenvalue weighted by atomic mass is 19.4. The molecule has 1 amide bonds. The fourth-order valence-electron chi connectivity index (χ4n) is 4.53. The molecule has 10 heteroatoms. The largest absolute Gasteiger partial charge is 0.484 e. The molecule has 1 heterocycles. The van der Waals surface area contributed by atoms with E-state index in [1.54, 1.807) is 24.3 Å². The average molecular weight is 540 g/mol. The van der Waals surface area contributed by atoms with E-state index in [4.69, 9.17) is 15.9 Å². The van der Waals surface area contributed by atoms with Crippen molar-refractivity contribution in [2.24, 2.45) is 0 Å². The van der Waals surface area contributed by atoms with E-state index in [-0.39, 0.29) is 24.4 Å². The second kappa shape index (κ2) is 12.3. The lowest BCUT2D eigenvalue weighted by molar-refractivity contribution is -0.138. The molecule has 0 aliphatic carbocycles. The molecule has 0 aromatic heterocycles. The monoisotopic (exact) mass is 539 g/mol. The van der Waals surface area contributed by atoms with E-state index >= 15 is 0 Å². The molecule has 0 saturated carbocycles. The number of rotatable bonds is 9. The van der Waals surface area contributed by atoms with Crippen LogP contribution >= 0.6 is 0 Å². The summed E-state index contributed by atoms with van der Waals surface area (Å²) in [7, 11) is 0. The van der Waals surface area contributed by atoms with Crippen molar-refractivity contribution in [2.75, 3.05) is 50.4 Å².